The highest BCUT2D eigenvalue weighted by Gasteiger charge is 2.42. The zero-order valence-electron chi connectivity index (χ0n) is 18.1. The van der Waals surface area contributed by atoms with Gasteiger partial charge in [-0.3, -0.25) is 14.8 Å². The normalized spacial score (nSPS) is 21.0. The van der Waals surface area contributed by atoms with Crippen molar-refractivity contribution in [3.05, 3.63) is 30.1 Å². The van der Waals surface area contributed by atoms with Crippen molar-refractivity contribution >= 4 is 11.9 Å². The minimum atomic E-state index is -5.08. The molecule has 33 heavy (non-hydrogen) atoms. The maximum absolute atomic E-state index is 10.6. The number of nitrogens with zero attached hydrogens (tertiary/aromatic N) is 3. The molecule has 13 heteroatoms. The van der Waals surface area contributed by atoms with Gasteiger partial charge in [0, 0.05) is 50.7 Å². The highest BCUT2D eigenvalue weighted by Crippen LogP contribution is 2.32. The van der Waals surface area contributed by atoms with Crippen molar-refractivity contribution in [1.82, 2.24) is 14.8 Å². The second-order valence-electron chi connectivity index (χ2n) is 8.04. The number of carbonyl (C=O) groups is 2. The molecule has 0 saturated carbocycles. The first-order chi connectivity index (χ1) is 15.1. The monoisotopic (exact) mass is 487 g/mol. The van der Waals surface area contributed by atoms with E-state index in [1.165, 1.54) is 38.0 Å². The highest BCUT2D eigenvalue weighted by atomic mass is 19.4. The summed E-state index contributed by atoms with van der Waals surface area (Å²) < 4.78 is 63.5. The van der Waals surface area contributed by atoms with E-state index in [1.807, 2.05) is 18.5 Å². The quantitative estimate of drug-likeness (QED) is 0.627. The molecule has 3 heterocycles. The molecule has 2 fully saturated rings. The van der Waals surface area contributed by atoms with Crippen LogP contribution in [0.5, 0.6) is 0 Å². The summed E-state index contributed by atoms with van der Waals surface area (Å²) in [5.74, 6) is -4.73. The Balaban J connectivity index is 0.000000324. The number of likely N-dealkylation sites (tertiary alicyclic amines) is 2. The van der Waals surface area contributed by atoms with Crippen molar-refractivity contribution < 1.29 is 46.1 Å². The third-order valence-corrected chi connectivity index (χ3v) is 5.00. The summed E-state index contributed by atoms with van der Waals surface area (Å²) in [6.07, 6.45) is -3.61. The number of alkyl halides is 6. The number of halogens is 6. The van der Waals surface area contributed by atoms with E-state index < -0.39 is 24.3 Å². The molecule has 1 aromatic rings. The average Bonchev–Trinajstić information content (AvgIpc) is 3.25. The molecule has 2 aliphatic heterocycles. The lowest BCUT2D eigenvalue weighted by atomic mass is 10.1. The van der Waals surface area contributed by atoms with E-state index in [2.05, 4.69) is 34.7 Å². The molecular weight excluding hydrogens is 460 g/mol. The molecule has 0 bridgehead atoms. The van der Waals surface area contributed by atoms with Gasteiger partial charge in [0.05, 0.1) is 0 Å². The van der Waals surface area contributed by atoms with Crippen molar-refractivity contribution in [2.45, 2.75) is 57.7 Å². The topological polar surface area (TPSA) is 94.0 Å². The second kappa shape index (κ2) is 12.2. The fourth-order valence-corrected chi connectivity index (χ4v) is 3.78. The minimum absolute atomic E-state index is 0.777. The summed E-state index contributed by atoms with van der Waals surface area (Å²) in [6.45, 7) is 9.54. The van der Waals surface area contributed by atoms with E-state index in [9.17, 15) is 26.3 Å². The molecule has 0 radical (unpaired) electrons. The molecule has 0 aromatic carbocycles. The number of carboxylic acids is 2. The Morgan fingerprint density at radius 3 is 1.85 bits per heavy atom. The van der Waals surface area contributed by atoms with Gasteiger partial charge in [-0.25, -0.2) is 9.59 Å². The molecule has 0 aliphatic carbocycles. The Bertz CT molecular complexity index is 734. The Kier molecular flexibility index (Phi) is 10.6. The molecule has 2 atom stereocenters. The van der Waals surface area contributed by atoms with Gasteiger partial charge in [-0.1, -0.05) is 19.9 Å². The van der Waals surface area contributed by atoms with Gasteiger partial charge in [-0.2, -0.15) is 26.3 Å². The molecule has 2 aliphatic rings. The fourth-order valence-electron chi connectivity index (χ4n) is 3.78. The first-order valence-corrected chi connectivity index (χ1v) is 10.1. The summed E-state index contributed by atoms with van der Waals surface area (Å²) in [5, 5.41) is 14.2. The number of carboxylic acid groups (broad SMARTS) is 2. The highest BCUT2D eigenvalue weighted by molar-refractivity contribution is 5.73. The van der Waals surface area contributed by atoms with Crippen LogP contribution in [-0.4, -0.2) is 81.0 Å². The van der Waals surface area contributed by atoms with Crippen LogP contribution < -0.4 is 0 Å². The summed E-state index contributed by atoms with van der Waals surface area (Å²) in [5.41, 5.74) is 1.35. The molecular formula is C20H27F6N3O4. The van der Waals surface area contributed by atoms with Crippen LogP contribution in [0.1, 0.15) is 32.3 Å². The van der Waals surface area contributed by atoms with E-state index in [0.29, 0.717) is 0 Å². The maximum atomic E-state index is 10.6. The molecule has 188 valence electrons. The fraction of sp³-hybridized carbons (Fsp3) is 0.650. The van der Waals surface area contributed by atoms with Crippen molar-refractivity contribution in [3.8, 4) is 0 Å². The summed E-state index contributed by atoms with van der Waals surface area (Å²) in [7, 11) is 0. The third kappa shape index (κ3) is 9.95. The molecule has 0 spiro atoms. The average molecular weight is 487 g/mol. The Labute approximate surface area is 187 Å². The lowest BCUT2D eigenvalue weighted by Gasteiger charge is -2.26. The molecule has 0 amide bonds. The zero-order chi connectivity index (χ0) is 25.4. The van der Waals surface area contributed by atoms with Crippen LogP contribution in [0.3, 0.4) is 0 Å². The van der Waals surface area contributed by atoms with Crippen molar-refractivity contribution in [2.24, 2.45) is 5.92 Å². The third-order valence-electron chi connectivity index (χ3n) is 5.00. The Morgan fingerprint density at radius 2 is 1.45 bits per heavy atom. The molecule has 2 saturated heterocycles. The Morgan fingerprint density at radius 1 is 1.00 bits per heavy atom. The first-order valence-electron chi connectivity index (χ1n) is 10.1. The number of aromatic nitrogens is 1. The van der Waals surface area contributed by atoms with Gasteiger partial charge in [0.15, 0.2) is 0 Å². The van der Waals surface area contributed by atoms with Gasteiger partial charge in [-0.05, 0) is 30.4 Å². The van der Waals surface area contributed by atoms with Crippen molar-refractivity contribution in [2.75, 3.05) is 19.6 Å². The van der Waals surface area contributed by atoms with E-state index >= 15 is 0 Å². The molecule has 0 unspecified atom stereocenters. The maximum Gasteiger partial charge on any atom is 0.490 e. The molecule has 2 N–H and O–H groups in total. The summed E-state index contributed by atoms with van der Waals surface area (Å²) in [6, 6.07) is 5.82. The number of aliphatic carboxylic acids is 2. The Hall–Kier alpha value is -2.41. The number of hydrogen-bond acceptors (Lipinski definition) is 5. The van der Waals surface area contributed by atoms with Crippen LogP contribution in [0.25, 0.3) is 0 Å². The lowest BCUT2D eigenvalue weighted by Crippen LogP contribution is -2.37. The summed E-state index contributed by atoms with van der Waals surface area (Å²) in [4.78, 5) is 27.4. The van der Waals surface area contributed by atoms with Crippen LogP contribution in [0.2, 0.25) is 0 Å². The van der Waals surface area contributed by atoms with Gasteiger partial charge >= 0.3 is 24.3 Å². The van der Waals surface area contributed by atoms with E-state index in [0.717, 1.165) is 24.5 Å². The predicted molar refractivity (Wildman–Crippen MR) is 105 cm³/mol. The van der Waals surface area contributed by atoms with Crippen molar-refractivity contribution in [3.63, 3.8) is 0 Å². The van der Waals surface area contributed by atoms with Crippen LogP contribution in [-0.2, 0) is 16.1 Å². The summed E-state index contributed by atoms with van der Waals surface area (Å²) >= 11 is 0. The van der Waals surface area contributed by atoms with Gasteiger partial charge in [-0.15, -0.1) is 0 Å². The zero-order valence-corrected chi connectivity index (χ0v) is 18.1. The van der Waals surface area contributed by atoms with Gasteiger partial charge in [0.25, 0.3) is 0 Å². The molecule has 7 nitrogen and oxygen atoms in total. The van der Waals surface area contributed by atoms with E-state index in [4.69, 9.17) is 19.8 Å². The van der Waals surface area contributed by atoms with Crippen molar-refractivity contribution in [1.29, 1.82) is 0 Å². The van der Waals surface area contributed by atoms with Gasteiger partial charge in [0.2, 0.25) is 0 Å². The standard InChI is InChI=1S/C16H25N3.2C2HF3O2/c1-13(2)11-18-8-5-16-15(18)6-9-19(16)12-14-4-3-7-17-10-14;2*3-2(4,5)1(6)7/h3-4,7,10,13,15-16H,5-6,8-9,11-12H2,1-2H3;2*(H,6,7)/t15-,16+;;/m0../s1. The number of pyridine rings is 1. The molecule has 1 aromatic heterocycles. The first kappa shape index (κ1) is 28.6. The van der Waals surface area contributed by atoms with Crippen LogP contribution in [0.4, 0.5) is 26.3 Å². The second-order valence-corrected chi connectivity index (χ2v) is 8.04. The number of fused-ring (bicyclic) bond motifs is 1. The predicted octanol–water partition coefficient (Wildman–Crippen LogP) is 3.65. The van der Waals surface area contributed by atoms with Crippen LogP contribution in [0, 0.1) is 5.92 Å². The SMILES string of the molecule is CC(C)CN1CC[C@@H]2[C@@H]1CCN2Cc1cccnc1.O=C(O)C(F)(F)F.O=C(O)C(F)(F)F. The number of hydrogen-bond donors (Lipinski definition) is 2. The van der Waals surface area contributed by atoms with Crippen LogP contribution >= 0.6 is 0 Å². The number of rotatable bonds is 4. The van der Waals surface area contributed by atoms with Gasteiger partial charge in [0.1, 0.15) is 0 Å². The van der Waals surface area contributed by atoms with E-state index in [-0.39, 0.29) is 0 Å². The largest absolute Gasteiger partial charge is 0.490 e. The minimum Gasteiger partial charge on any atom is -0.475 e. The van der Waals surface area contributed by atoms with Crippen LogP contribution in [0.15, 0.2) is 24.5 Å². The van der Waals surface area contributed by atoms with E-state index in [1.54, 1.807) is 0 Å². The van der Waals surface area contributed by atoms with Gasteiger partial charge < -0.3 is 10.2 Å². The molecule has 3 rings (SSSR count). The smallest absolute Gasteiger partial charge is 0.475 e. The lowest BCUT2D eigenvalue weighted by molar-refractivity contribution is -0.193.